The normalized spacial score (nSPS) is 12.6. The van der Waals surface area contributed by atoms with Crippen molar-refractivity contribution in [3.8, 4) is 0 Å². The average molecular weight is 216 g/mol. The van der Waals surface area contributed by atoms with Crippen LogP contribution < -0.4 is 5.32 Å². The average Bonchev–Trinajstić information content (AvgIpc) is 2.12. The minimum Gasteiger partial charge on any atom is -0.385 e. The van der Waals surface area contributed by atoms with E-state index in [0.29, 0.717) is 10.9 Å². The minimum absolute atomic E-state index is 0.302. The van der Waals surface area contributed by atoms with Gasteiger partial charge in [0.2, 0.25) is 0 Å². The first-order valence-corrected chi connectivity index (χ1v) is 5.19. The molecule has 1 aromatic rings. The van der Waals surface area contributed by atoms with E-state index in [4.69, 9.17) is 11.6 Å². The zero-order chi connectivity index (χ0) is 10.6. The molecule has 1 nitrogen and oxygen atoms in total. The fourth-order valence-corrected chi connectivity index (χ4v) is 1.31. The highest BCUT2D eigenvalue weighted by atomic mass is 35.5. The Balaban J connectivity index is 2.58. The number of anilines is 1. The van der Waals surface area contributed by atoms with Gasteiger partial charge in [-0.2, -0.15) is 0 Å². The summed E-state index contributed by atoms with van der Waals surface area (Å²) in [6.07, 6.45) is 1.11. The van der Waals surface area contributed by atoms with Crippen LogP contribution in [0, 0.1) is 11.7 Å². The van der Waals surface area contributed by atoms with Crippen LogP contribution >= 0.6 is 11.6 Å². The highest BCUT2D eigenvalue weighted by Gasteiger charge is 2.01. The Morgan fingerprint density at radius 1 is 1.43 bits per heavy atom. The fraction of sp³-hybridized carbons (Fsp3) is 0.455. The molecule has 0 bridgehead atoms. The second kappa shape index (κ2) is 5.20. The van der Waals surface area contributed by atoms with E-state index in [2.05, 4.69) is 19.2 Å². The van der Waals surface area contributed by atoms with Crippen molar-refractivity contribution in [2.24, 2.45) is 5.92 Å². The molecule has 1 aromatic carbocycles. The first-order valence-electron chi connectivity index (χ1n) is 4.81. The van der Waals surface area contributed by atoms with Crippen LogP contribution in [0.1, 0.15) is 20.3 Å². The Morgan fingerprint density at radius 3 is 2.71 bits per heavy atom. The standard InChI is InChI=1S/C11H15ClFN/c1-3-8(2)7-14-11-5-9(12)4-10(13)6-11/h4-6,8,14H,3,7H2,1-2H3. The molecule has 1 N–H and O–H groups in total. The molecule has 3 heteroatoms. The number of hydrogen-bond acceptors (Lipinski definition) is 1. The number of benzene rings is 1. The molecule has 0 aliphatic rings. The molecule has 14 heavy (non-hydrogen) atoms. The lowest BCUT2D eigenvalue weighted by molar-refractivity contribution is 0.592. The van der Waals surface area contributed by atoms with Gasteiger partial charge in [0, 0.05) is 17.3 Å². The van der Waals surface area contributed by atoms with Crippen molar-refractivity contribution in [2.45, 2.75) is 20.3 Å². The summed E-state index contributed by atoms with van der Waals surface area (Å²) in [6, 6.07) is 4.48. The number of nitrogens with one attached hydrogen (secondary N) is 1. The first-order chi connectivity index (χ1) is 6.61. The lowest BCUT2D eigenvalue weighted by atomic mass is 10.1. The number of hydrogen-bond donors (Lipinski definition) is 1. The monoisotopic (exact) mass is 215 g/mol. The van der Waals surface area contributed by atoms with Crippen LogP contribution in [-0.4, -0.2) is 6.54 Å². The van der Waals surface area contributed by atoms with E-state index in [1.165, 1.54) is 12.1 Å². The van der Waals surface area contributed by atoms with Crippen LogP contribution in [0.25, 0.3) is 0 Å². The van der Waals surface area contributed by atoms with Crippen LogP contribution in [0.15, 0.2) is 18.2 Å². The Kier molecular flexibility index (Phi) is 4.21. The molecule has 0 saturated carbocycles. The highest BCUT2D eigenvalue weighted by Crippen LogP contribution is 2.18. The molecule has 0 aliphatic carbocycles. The van der Waals surface area contributed by atoms with Crippen molar-refractivity contribution >= 4 is 17.3 Å². The van der Waals surface area contributed by atoms with Gasteiger partial charge in [0.05, 0.1) is 0 Å². The van der Waals surface area contributed by atoms with Crippen molar-refractivity contribution in [2.75, 3.05) is 11.9 Å². The van der Waals surface area contributed by atoms with Crippen LogP contribution in [0.4, 0.5) is 10.1 Å². The van der Waals surface area contributed by atoms with Gasteiger partial charge in [-0.25, -0.2) is 4.39 Å². The summed E-state index contributed by atoms with van der Waals surface area (Å²) >= 11 is 5.72. The molecule has 0 radical (unpaired) electrons. The lowest BCUT2D eigenvalue weighted by Gasteiger charge is -2.11. The summed E-state index contributed by atoms with van der Waals surface area (Å²) < 4.78 is 12.9. The number of halogens is 2. The molecule has 0 saturated heterocycles. The molecule has 0 fully saturated rings. The SMILES string of the molecule is CCC(C)CNc1cc(F)cc(Cl)c1. The first kappa shape index (κ1) is 11.3. The zero-order valence-electron chi connectivity index (χ0n) is 8.48. The van der Waals surface area contributed by atoms with Crippen LogP contribution in [0.3, 0.4) is 0 Å². The smallest absolute Gasteiger partial charge is 0.126 e. The van der Waals surface area contributed by atoms with Crippen molar-refractivity contribution in [3.05, 3.63) is 29.0 Å². The third-order valence-electron chi connectivity index (χ3n) is 2.21. The Morgan fingerprint density at radius 2 is 2.14 bits per heavy atom. The fourth-order valence-electron chi connectivity index (χ4n) is 1.09. The van der Waals surface area contributed by atoms with E-state index >= 15 is 0 Å². The third kappa shape index (κ3) is 3.54. The third-order valence-corrected chi connectivity index (χ3v) is 2.43. The largest absolute Gasteiger partial charge is 0.385 e. The lowest BCUT2D eigenvalue weighted by Crippen LogP contribution is -2.10. The van der Waals surface area contributed by atoms with E-state index in [0.717, 1.165) is 18.7 Å². The summed E-state index contributed by atoms with van der Waals surface area (Å²) in [7, 11) is 0. The van der Waals surface area contributed by atoms with E-state index in [1.807, 2.05) is 0 Å². The summed E-state index contributed by atoms with van der Waals surface area (Å²) in [5.41, 5.74) is 0.746. The molecular formula is C11H15ClFN. The maximum absolute atomic E-state index is 12.9. The Labute approximate surface area is 89.3 Å². The molecule has 0 aliphatic heterocycles. The summed E-state index contributed by atoms with van der Waals surface area (Å²) in [5, 5.41) is 3.58. The van der Waals surface area contributed by atoms with Crippen molar-refractivity contribution in [1.82, 2.24) is 0 Å². The van der Waals surface area contributed by atoms with E-state index in [1.54, 1.807) is 6.07 Å². The molecule has 1 rings (SSSR count). The van der Waals surface area contributed by atoms with E-state index in [-0.39, 0.29) is 5.82 Å². The van der Waals surface area contributed by atoms with Gasteiger partial charge in [-0.15, -0.1) is 0 Å². The second-order valence-electron chi connectivity index (χ2n) is 3.55. The number of rotatable bonds is 4. The minimum atomic E-state index is -0.302. The van der Waals surface area contributed by atoms with Gasteiger partial charge >= 0.3 is 0 Å². The van der Waals surface area contributed by atoms with Crippen LogP contribution in [0.5, 0.6) is 0 Å². The Bertz CT molecular complexity index is 281. The van der Waals surface area contributed by atoms with Crippen LogP contribution in [0.2, 0.25) is 5.02 Å². The molecule has 1 unspecified atom stereocenters. The molecule has 78 valence electrons. The summed E-state index contributed by atoms with van der Waals surface area (Å²) in [6.45, 7) is 5.12. The molecule has 0 spiro atoms. The zero-order valence-corrected chi connectivity index (χ0v) is 9.24. The summed E-state index contributed by atoms with van der Waals surface area (Å²) in [4.78, 5) is 0. The molecule has 1 atom stereocenters. The van der Waals surface area contributed by atoms with Crippen molar-refractivity contribution < 1.29 is 4.39 Å². The van der Waals surface area contributed by atoms with E-state index in [9.17, 15) is 4.39 Å². The predicted octanol–water partition coefficient (Wildman–Crippen LogP) is 3.94. The second-order valence-corrected chi connectivity index (χ2v) is 3.99. The molecular weight excluding hydrogens is 201 g/mol. The van der Waals surface area contributed by atoms with Gasteiger partial charge in [0.15, 0.2) is 0 Å². The van der Waals surface area contributed by atoms with Gasteiger partial charge in [-0.05, 0) is 24.1 Å². The van der Waals surface area contributed by atoms with Gasteiger partial charge < -0.3 is 5.32 Å². The van der Waals surface area contributed by atoms with Gasteiger partial charge in [0.1, 0.15) is 5.82 Å². The topological polar surface area (TPSA) is 12.0 Å². The maximum Gasteiger partial charge on any atom is 0.126 e. The molecule has 0 amide bonds. The van der Waals surface area contributed by atoms with Gasteiger partial charge in [-0.3, -0.25) is 0 Å². The summed E-state index contributed by atoms with van der Waals surface area (Å²) in [5.74, 6) is 0.279. The van der Waals surface area contributed by atoms with Crippen LogP contribution in [-0.2, 0) is 0 Å². The van der Waals surface area contributed by atoms with Gasteiger partial charge in [-0.1, -0.05) is 31.9 Å². The van der Waals surface area contributed by atoms with Crippen molar-refractivity contribution in [3.63, 3.8) is 0 Å². The molecule has 0 aromatic heterocycles. The van der Waals surface area contributed by atoms with E-state index < -0.39 is 0 Å². The Hall–Kier alpha value is -0.760. The van der Waals surface area contributed by atoms with Crippen molar-refractivity contribution in [1.29, 1.82) is 0 Å². The molecule has 0 heterocycles. The maximum atomic E-state index is 12.9. The highest BCUT2D eigenvalue weighted by molar-refractivity contribution is 6.30. The predicted molar refractivity (Wildman–Crippen MR) is 59.4 cm³/mol. The van der Waals surface area contributed by atoms with Gasteiger partial charge in [0.25, 0.3) is 0 Å². The quantitative estimate of drug-likeness (QED) is 0.803.